The zero-order valence-electron chi connectivity index (χ0n) is 11.8. The number of halogens is 3. The van der Waals surface area contributed by atoms with Gasteiger partial charge in [0.2, 0.25) is 0 Å². The molecule has 2 nitrogen and oxygen atoms in total. The first-order valence-corrected chi connectivity index (χ1v) is 6.89. The Morgan fingerprint density at radius 3 is 2.45 bits per heavy atom. The Morgan fingerprint density at radius 1 is 1.25 bits per heavy atom. The Balaban J connectivity index is 2.34. The Bertz CT molecular complexity index is 453. The second kappa shape index (κ2) is 6.04. The lowest BCUT2D eigenvalue weighted by molar-refractivity contribution is -0.138. The Kier molecular flexibility index (Phi) is 4.58. The van der Waals surface area contributed by atoms with E-state index in [-0.39, 0.29) is 11.7 Å². The van der Waals surface area contributed by atoms with E-state index in [2.05, 4.69) is 5.32 Å². The van der Waals surface area contributed by atoms with Gasteiger partial charge in [0.1, 0.15) is 5.75 Å². The number of rotatable bonds is 3. The highest BCUT2D eigenvalue weighted by atomic mass is 19.4. The van der Waals surface area contributed by atoms with Gasteiger partial charge < -0.3 is 10.1 Å². The van der Waals surface area contributed by atoms with E-state index in [0.29, 0.717) is 11.5 Å². The molecule has 0 saturated carbocycles. The lowest BCUT2D eigenvalue weighted by atomic mass is 9.80. The standard InChI is InChI=1S/C15H20F3NO/c1-10(11-5-7-19-8-6-11)13-4-3-12(20-2)9-14(13)15(16,17)18/h3-4,9-11,19H,5-8H2,1-2H3. The summed E-state index contributed by atoms with van der Waals surface area (Å²) in [6.07, 6.45) is -2.50. The van der Waals surface area contributed by atoms with Crippen LogP contribution in [-0.4, -0.2) is 20.2 Å². The summed E-state index contributed by atoms with van der Waals surface area (Å²) in [4.78, 5) is 0. The fourth-order valence-electron chi connectivity index (χ4n) is 2.90. The van der Waals surface area contributed by atoms with Crippen molar-refractivity contribution in [3.05, 3.63) is 29.3 Å². The minimum absolute atomic E-state index is 0.0976. The van der Waals surface area contributed by atoms with Gasteiger partial charge in [0.15, 0.2) is 0 Å². The van der Waals surface area contributed by atoms with Crippen molar-refractivity contribution in [3.8, 4) is 5.75 Å². The Morgan fingerprint density at radius 2 is 1.90 bits per heavy atom. The van der Waals surface area contributed by atoms with E-state index in [0.717, 1.165) is 32.0 Å². The monoisotopic (exact) mass is 287 g/mol. The van der Waals surface area contributed by atoms with Gasteiger partial charge in [-0.3, -0.25) is 0 Å². The maximum atomic E-state index is 13.2. The second-order valence-electron chi connectivity index (χ2n) is 5.33. The first kappa shape index (κ1) is 15.2. The molecule has 1 aromatic rings. The molecule has 0 amide bonds. The van der Waals surface area contributed by atoms with Gasteiger partial charge in [0.05, 0.1) is 12.7 Å². The van der Waals surface area contributed by atoms with E-state index < -0.39 is 11.7 Å². The average Bonchev–Trinajstić information content (AvgIpc) is 2.46. The third-order valence-electron chi connectivity index (χ3n) is 4.15. The zero-order valence-corrected chi connectivity index (χ0v) is 11.8. The summed E-state index contributed by atoms with van der Waals surface area (Å²) >= 11 is 0. The van der Waals surface area contributed by atoms with E-state index >= 15 is 0 Å². The summed E-state index contributed by atoms with van der Waals surface area (Å²) in [7, 11) is 1.38. The number of piperidine rings is 1. The van der Waals surface area contributed by atoms with Crippen molar-refractivity contribution >= 4 is 0 Å². The number of nitrogens with one attached hydrogen (secondary N) is 1. The molecule has 1 aliphatic rings. The minimum atomic E-state index is -4.34. The van der Waals surface area contributed by atoms with Crippen LogP contribution < -0.4 is 10.1 Å². The Hall–Kier alpha value is -1.23. The largest absolute Gasteiger partial charge is 0.497 e. The van der Waals surface area contributed by atoms with Crippen molar-refractivity contribution in [3.63, 3.8) is 0 Å². The highest BCUT2D eigenvalue weighted by Gasteiger charge is 2.36. The van der Waals surface area contributed by atoms with Gasteiger partial charge in [-0.2, -0.15) is 13.2 Å². The fourth-order valence-corrected chi connectivity index (χ4v) is 2.90. The molecule has 0 aliphatic carbocycles. The molecular weight excluding hydrogens is 267 g/mol. The molecule has 1 fully saturated rings. The lowest BCUT2D eigenvalue weighted by Crippen LogP contribution is -2.30. The number of ether oxygens (including phenoxy) is 1. The van der Waals surface area contributed by atoms with Crippen LogP contribution in [0.5, 0.6) is 5.75 Å². The van der Waals surface area contributed by atoms with Crippen molar-refractivity contribution in [1.82, 2.24) is 5.32 Å². The topological polar surface area (TPSA) is 21.3 Å². The number of benzene rings is 1. The summed E-state index contributed by atoms with van der Waals surface area (Å²) < 4.78 is 44.6. The number of hydrogen-bond acceptors (Lipinski definition) is 2. The summed E-state index contributed by atoms with van der Waals surface area (Å²) in [5, 5.41) is 3.24. The van der Waals surface area contributed by atoms with Crippen LogP contribution in [0, 0.1) is 5.92 Å². The van der Waals surface area contributed by atoms with Crippen LogP contribution in [0.4, 0.5) is 13.2 Å². The molecule has 20 heavy (non-hydrogen) atoms. The van der Waals surface area contributed by atoms with Crippen LogP contribution in [0.3, 0.4) is 0 Å². The van der Waals surface area contributed by atoms with Crippen molar-refractivity contribution < 1.29 is 17.9 Å². The minimum Gasteiger partial charge on any atom is -0.497 e. The van der Waals surface area contributed by atoms with Crippen LogP contribution >= 0.6 is 0 Å². The highest BCUT2D eigenvalue weighted by Crippen LogP contribution is 2.41. The second-order valence-corrected chi connectivity index (χ2v) is 5.33. The molecule has 1 N–H and O–H groups in total. The molecule has 1 aromatic carbocycles. The molecule has 0 spiro atoms. The van der Waals surface area contributed by atoms with Crippen molar-refractivity contribution in [1.29, 1.82) is 0 Å². The van der Waals surface area contributed by atoms with E-state index in [4.69, 9.17) is 4.74 Å². The van der Waals surface area contributed by atoms with E-state index in [1.165, 1.54) is 7.11 Å². The molecule has 1 saturated heterocycles. The molecule has 2 rings (SSSR count). The van der Waals surface area contributed by atoms with Crippen LogP contribution in [0.1, 0.15) is 36.8 Å². The third kappa shape index (κ3) is 3.26. The molecule has 0 radical (unpaired) electrons. The molecule has 1 heterocycles. The van der Waals surface area contributed by atoms with Crippen LogP contribution in [-0.2, 0) is 6.18 Å². The SMILES string of the molecule is COc1ccc(C(C)C2CCNCC2)c(C(F)(F)F)c1. The van der Waals surface area contributed by atoms with Crippen molar-refractivity contribution in [2.24, 2.45) is 5.92 Å². The fraction of sp³-hybridized carbons (Fsp3) is 0.600. The smallest absolute Gasteiger partial charge is 0.416 e. The maximum absolute atomic E-state index is 13.2. The predicted octanol–water partition coefficient (Wildman–Crippen LogP) is 3.82. The molecule has 0 bridgehead atoms. The van der Waals surface area contributed by atoms with E-state index in [1.54, 1.807) is 12.1 Å². The van der Waals surface area contributed by atoms with Gasteiger partial charge >= 0.3 is 6.18 Å². The summed E-state index contributed by atoms with van der Waals surface area (Å²) in [6.45, 7) is 3.66. The van der Waals surface area contributed by atoms with Gasteiger partial charge in [-0.15, -0.1) is 0 Å². The van der Waals surface area contributed by atoms with Crippen LogP contribution in [0.25, 0.3) is 0 Å². The summed E-state index contributed by atoms with van der Waals surface area (Å²) in [5.41, 5.74) is -0.187. The maximum Gasteiger partial charge on any atom is 0.416 e. The molecule has 1 aliphatic heterocycles. The van der Waals surface area contributed by atoms with Crippen molar-refractivity contribution in [2.45, 2.75) is 31.9 Å². The van der Waals surface area contributed by atoms with E-state index in [1.807, 2.05) is 6.92 Å². The molecule has 0 aromatic heterocycles. The predicted molar refractivity (Wildman–Crippen MR) is 72.0 cm³/mol. The van der Waals surface area contributed by atoms with Crippen molar-refractivity contribution in [2.75, 3.05) is 20.2 Å². The molecular formula is C15H20F3NO. The van der Waals surface area contributed by atoms with Crippen LogP contribution in [0.15, 0.2) is 18.2 Å². The quantitative estimate of drug-likeness (QED) is 0.912. The van der Waals surface area contributed by atoms with Gasteiger partial charge in [0, 0.05) is 0 Å². The van der Waals surface area contributed by atoms with E-state index in [9.17, 15) is 13.2 Å². The Labute approximate surface area is 117 Å². The number of alkyl halides is 3. The molecule has 5 heteroatoms. The molecule has 1 unspecified atom stereocenters. The zero-order chi connectivity index (χ0) is 14.8. The van der Waals surface area contributed by atoms with Gasteiger partial charge in [-0.05, 0) is 55.5 Å². The van der Waals surface area contributed by atoms with Crippen LogP contribution in [0.2, 0.25) is 0 Å². The molecule has 112 valence electrons. The lowest BCUT2D eigenvalue weighted by Gasteiger charge is -2.30. The van der Waals surface area contributed by atoms with Gasteiger partial charge in [-0.25, -0.2) is 0 Å². The first-order valence-electron chi connectivity index (χ1n) is 6.89. The average molecular weight is 287 g/mol. The van der Waals surface area contributed by atoms with Gasteiger partial charge in [-0.1, -0.05) is 13.0 Å². The third-order valence-corrected chi connectivity index (χ3v) is 4.15. The summed E-state index contributed by atoms with van der Waals surface area (Å²) in [6, 6.07) is 4.28. The molecule has 1 atom stereocenters. The number of hydrogen-bond donors (Lipinski definition) is 1. The first-order chi connectivity index (χ1) is 9.43. The van der Waals surface area contributed by atoms with Gasteiger partial charge in [0.25, 0.3) is 0 Å². The number of methoxy groups -OCH3 is 1. The summed E-state index contributed by atoms with van der Waals surface area (Å²) in [5.74, 6) is 0.448. The normalized spacial score (nSPS) is 18.9. The highest BCUT2D eigenvalue weighted by molar-refractivity contribution is 5.39.